The third kappa shape index (κ3) is 3.39. The zero-order valence-corrected chi connectivity index (χ0v) is 18.5. The van der Waals surface area contributed by atoms with Crippen molar-refractivity contribution < 1.29 is 9.47 Å². The van der Waals surface area contributed by atoms with Crippen molar-refractivity contribution in [3.05, 3.63) is 60.3 Å². The number of benzene rings is 2. The zero-order chi connectivity index (χ0) is 20.7. The van der Waals surface area contributed by atoms with Gasteiger partial charge in [0.05, 0.1) is 22.7 Å². The maximum Gasteiger partial charge on any atom is 0.274 e. The molecule has 4 aromatic rings. The summed E-state index contributed by atoms with van der Waals surface area (Å²) in [5.74, 6) is 3.51. The third-order valence-corrected chi connectivity index (χ3v) is 6.39. The number of nitrogens with zero attached hydrogens (tertiary/aromatic N) is 2. The van der Waals surface area contributed by atoms with Crippen LogP contribution in [-0.2, 0) is 0 Å². The van der Waals surface area contributed by atoms with Crippen molar-refractivity contribution in [1.82, 2.24) is 9.38 Å². The van der Waals surface area contributed by atoms with Crippen molar-refractivity contribution in [2.75, 3.05) is 13.7 Å². The van der Waals surface area contributed by atoms with E-state index >= 15 is 0 Å². The summed E-state index contributed by atoms with van der Waals surface area (Å²) in [6.45, 7) is 4.22. The van der Waals surface area contributed by atoms with Gasteiger partial charge in [0, 0.05) is 4.47 Å². The molecule has 0 saturated heterocycles. The average molecular weight is 469 g/mol. The number of hydrogen-bond donors (Lipinski definition) is 0. The second-order valence-corrected chi connectivity index (χ2v) is 8.45. The molecule has 0 spiro atoms. The van der Waals surface area contributed by atoms with Crippen LogP contribution in [-0.4, -0.2) is 23.1 Å². The van der Waals surface area contributed by atoms with Gasteiger partial charge >= 0.3 is 0 Å². The lowest BCUT2D eigenvalue weighted by Gasteiger charge is -2.10. The molecule has 0 N–H and O–H groups in total. The first-order valence-electron chi connectivity index (χ1n) is 8.80. The van der Waals surface area contributed by atoms with E-state index in [1.165, 1.54) is 11.3 Å². The molecule has 5 nitrogen and oxygen atoms in total. The van der Waals surface area contributed by atoms with Crippen molar-refractivity contribution in [2.24, 2.45) is 0 Å². The van der Waals surface area contributed by atoms with Crippen LogP contribution in [0, 0.1) is 26.2 Å². The molecule has 0 bridgehead atoms. The first-order valence-corrected chi connectivity index (χ1v) is 10.4. The van der Waals surface area contributed by atoms with Gasteiger partial charge in [-0.3, -0.25) is 4.79 Å². The Morgan fingerprint density at radius 1 is 1.24 bits per heavy atom. The van der Waals surface area contributed by atoms with Crippen molar-refractivity contribution in [1.29, 1.82) is 0 Å². The van der Waals surface area contributed by atoms with Crippen molar-refractivity contribution in [2.45, 2.75) is 13.8 Å². The number of aryl methyl sites for hydroxylation is 2. The summed E-state index contributed by atoms with van der Waals surface area (Å²) in [6, 6.07) is 7.62. The summed E-state index contributed by atoms with van der Waals surface area (Å²) in [7, 11) is 1.56. The topological polar surface area (TPSA) is 52.8 Å². The van der Waals surface area contributed by atoms with E-state index in [2.05, 4.69) is 26.8 Å². The molecule has 0 aliphatic carbocycles. The lowest BCUT2D eigenvalue weighted by molar-refractivity contribution is 0.330. The molecule has 0 fully saturated rings. The van der Waals surface area contributed by atoms with Crippen LogP contribution in [0.25, 0.3) is 22.1 Å². The van der Waals surface area contributed by atoms with Crippen LogP contribution in [0.1, 0.15) is 16.7 Å². The summed E-state index contributed by atoms with van der Waals surface area (Å²) >= 11 is 4.90. The highest BCUT2D eigenvalue weighted by Crippen LogP contribution is 2.34. The van der Waals surface area contributed by atoms with Gasteiger partial charge in [-0.2, -0.15) is 0 Å². The predicted octanol–water partition coefficient (Wildman–Crippen LogP) is 3.86. The second kappa shape index (κ2) is 7.54. The van der Waals surface area contributed by atoms with Gasteiger partial charge in [0.2, 0.25) is 0 Å². The van der Waals surface area contributed by atoms with Gasteiger partial charge in [-0.05, 0) is 60.9 Å². The molecule has 0 aliphatic rings. The minimum Gasteiger partial charge on any atom is -0.493 e. The Hall–Kier alpha value is -2.82. The smallest absolute Gasteiger partial charge is 0.274 e. The number of ether oxygens (including phenoxy) is 2. The van der Waals surface area contributed by atoms with Gasteiger partial charge < -0.3 is 9.47 Å². The third-order valence-electron chi connectivity index (χ3n) is 4.73. The van der Waals surface area contributed by atoms with Crippen LogP contribution in [0.15, 0.2) is 33.5 Å². The molecule has 0 saturated carbocycles. The monoisotopic (exact) mass is 468 g/mol. The van der Waals surface area contributed by atoms with Gasteiger partial charge in [-0.1, -0.05) is 33.2 Å². The molecule has 4 rings (SSSR count). The minimum absolute atomic E-state index is 0.0886. The van der Waals surface area contributed by atoms with Crippen molar-refractivity contribution in [3.8, 4) is 23.8 Å². The number of aromatic nitrogens is 2. The molecule has 0 aliphatic heterocycles. The number of halogens is 1. The lowest BCUT2D eigenvalue weighted by Crippen LogP contribution is -2.22. The van der Waals surface area contributed by atoms with Crippen molar-refractivity contribution >= 4 is 49.3 Å². The van der Waals surface area contributed by atoms with Crippen LogP contribution in [0.4, 0.5) is 0 Å². The number of imidazole rings is 1. The molecule has 2 heterocycles. The van der Waals surface area contributed by atoms with Crippen LogP contribution < -0.4 is 19.6 Å². The van der Waals surface area contributed by atoms with E-state index in [0.29, 0.717) is 21.0 Å². The van der Waals surface area contributed by atoms with Crippen LogP contribution in [0.2, 0.25) is 0 Å². The summed E-state index contributed by atoms with van der Waals surface area (Å²) in [6.07, 6.45) is 7.09. The highest BCUT2D eigenvalue weighted by atomic mass is 79.9. The number of fused-ring (bicyclic) bond motifs is 3. The van der Waals surface area contributed by atoms with Gasteiger partial charge in [-0.15, -0.1) is 6.42 Å². The van der Waals surface area contributed by atoms with E-state index in [-0.39, 0.29) is 12.2 Å². The Balaban J connectivity index is 1.89. The molecule has 0 amide bonds. The first-order chi connectivity index (χ1) is 13.9. The van der Waals surface area contributed by atoms with E-state index in [1.54, 1.807) is 17.6 Å². The van der Waals surface area contributed by atoms with Gasteiger partial charge in [0.25, 0.3) is 5.56 Å². The molecule has 146 valence electrons. The maximum atomic E-state index is 13.1. The SMILES string of the molecule is C#CCOc1cc(Br)c(/C=c2\sc3nc4cc(C)c(C)cc4n3c2=O)cc1OC. The number of thiazole rings is 1. The Kier molecular flexibility index (Phi) is 5.07. The van der Waals surface area contributed by atoms with Crippen molar-refractivity contribution in [3.63, 3.8) is 0 Å². The highest BCUT2D eigenvalue weighted by Gasteiger charge is 2.14. The molecular formula is C22H17BrN2O3S. The number of terminal acetylenes is 1. The van der Waals surface area contributed by atoms with E-state index in [0.717, 1.165) is 32.2 Å². The summed E-state index contributed by atoms with van der Waals surface area (Å²) < 4.78 is 14.0. The molecule has 2 aromatic heterocycles. The Morgan fingerprint density at radius 2 is 2.00 bits per heavy atom. The Morgan fingerprint density at radius 3 is 2.72 bits per heavy atom. The summed E-state index contributed by atoms with van der Waals surface area (Å²) in [5, 5.41) is 0. The fourth-order valence-corrected chi connectivity index (χ4v) is 4.53. The standard InChI is InChI=1S/C22H17BrN2O3S/c1-5-6-28-19-11-15(23)14(9-18(19)27-4)10-20-21(26)25-17-8-13(3)12(2)7-16(17)24-22(25)29-20/h1,7-11H,6H2,2-4H3/b20-10-. The predicted molar refractivity (Wildman–Crippen MR) is 120 cm³/mol. The second-order valence-electron chi connectivity index (χ2n) is 6.59. The zero-order valence-electron chi connectivity index (χ0n) is 16.1. The fraction of sp³-hybridized carbons (Fsp3) is 0.182. The van der Waals surface area contributed by atoms with Gasteiger partial charge in [0.15, 0.2) is 16.5 Å². The average Bonchev–Trinajstić information content (AvgIpc) is 3.18. The van der Waals surface area contributed by atoms with Crippen LogP contribution >= 0.6 is 27.3 Å². The van der Waals surface area contributed by atoms with E-state index in [4.69, 9.17) is 15.9 Å². The fourth-order valence-electron chi connectivity index (χ4n) is 3.11. The molecule has 0 atom stereocenters. The normalized spacial score (nSPS) is 11.9. The largest absolute Gasteiger partial charge is 0.493 e. The minimum atomic E-state index is -0.0886. The molecule has 29 heavy (non-hydrogen) atoms. The summed E-state index contributed by atoms with van der Waals surface area (Å²) in [5.41, 5.74) is 4.66. The quantitative estimate of drug-likeness (QED) is 0.426. The van der Waals surface area contributed by atoms with E-state index in [1.807, 2.05) is 38.1 Å². The number of methoxy groups -OCH3 is 1. The highest BCUT2D eigenvalue weighted by molar-refractivity contribution is 9.10. The molecule has 0 radical (unpaired) electrons. The van der Waals surface area contributed by atoms with Crippen LogP contribution in [0.5, 0.6) is 11.5 Å². The molecule has 7 heteroatoms. The van der Waals surface area contributed by atoms with Gasteiger partial charge in [-0.25, -0.2) is 9.38 Å². The number of hydrogen-bond acceptors (Lipinski definition) is 5. The maximum absolute atomic E-state index is 13.1. The first kappa shape index (κ1) is 19.5. The Bertz CT molecular complexity index is 1410. The van der Waals surface area contributed by atoms with Gasteiger partial charge in [0.1, 0.15) is 6.61 Å². The molecule has 0 unspecified atom stereocenters. The van der Waals surface area contributed by atoms with E-state index < -0.39 is 0 Å². The van der Waals surface area contributed by atoms with E-state index in [9.17, 15) is 4.79 Å². The molecule has 2 aromatic carbocycles. The Labute approximate surface area is 179 Å². The lowest BCUT2D eigenvalue weighted by atomic mass is 10.1. The van der Waals surface area contributed by atoms with Crippen LogP contribution in [0.3, 0.4) is 0 Å². The summed E-state index contributed by atoms with van der Waals surface area (Å²) in [4.78, 5) is 18.4. The number of rotatable bonds is 4. The molecular weight excluding hydrogens is 452 g/mol.